The van der Waals surface area contributed by atoms with Gasteiger partial charge in [0, 0.05) is 22.5 Å². The lowest BCUT2D eigenvalue weighted by Gasteiger charge is -2.18. The van der Waals surface area contributed by atoms with Crippen molar-refractivity contribution in [1.82, 2.24) is 0 Å². The Morgan fingerprint density at radius 2 is 2.17 bits per heavy atom. The molecule has 0 saturated heterocycles. The van der Waals surface area contributed by atoms with Gasteiger partial charge in [0.15, 0.2) is 0 Å². The number of nitrogens with two attached hydrogens (primary N) is 1. The first-order chi connectivity index (χ1) is 11.2. The van der Waals surface area contributed by atoms with Crippen LogP contribution >= 0.6 is 11.3 Å². The van der Waals surface area contributed by atoms with Gasteiger partial charge in [-0.05, 0) is 55.0 Å². The number of thiophene rings is 1. The molecule has 1 atom stereocenters. The lowest BCUT2D eigenvalue weighted by atomic mass is 9.88. The zero-order chi connectivity index (χ0) is 16.2. The summed E-state index contributed by atoms with van der Waals surface area (Å²) in [6.45, 7) is 3.25. The topological polar surface area (TPSA) is 64.3 Å². The van der Waals surface area contributed by atoms with Crippen LogP contribution in [0.25, 0.3) is 0 Å². The Hall–Kier alpha value is -1.85. The van der Waals surface area contributed by atoms with Crippen LogP contribution in [0.15, 0.2) is 29.6 Å². The highest BCUT2D eigenvalue weighted by Gasteiger charge is 2.23. The van der Waals surface area contributed by atoms with Crippen LogP contribution in [0.2, 0.25) is 0 Å². The van der Waals surface area contributed by atoms with E-state index in [0.29, 0.717) is 13.2 Å². The summed E-state index contributed by atoms with van der Waals surface area (Å²) >= 11 is 1.71. The summed E-state index contributed by atoms with van der Waals surface area (Å²) in [5.74, 6) is 1.46. The molecule has 23 heavy (non-hydrogen) atoms. The summed E-state index contributed by atoms with van der Waals surface area (Å²) in [5, 5.41) is 4.97. The van der Waals surface area contributed by atoms with Crippen LogP contribution in [-0.2, 0) is 12.8 Å². The Morgan fingerprint density at radius 3 is 2.91 bits per heavy atom. The molecule has 3 N–H and O–H groups in total. The number of nitrogens with one attached hydrogen (secondary N) is 1. The van der Waals surface area contributed by atoms with Crippen molar-refractivity contribution in [1.29, 1.82) is 0 Å². The molecule has 1 unspecified atom stereocenters. The SMILES string of the molecule is CC1CCc2c(C(=O)Nc3ccc(OCCN)cc3)csc2C1. The minimum atomic E-state index is -0.0207. The second kappa shape index (κ2) is 7.15. The number of hydrogen-bond acceptors (Lipinski definition) is 4. The summed E-state index contributed by atoms with van der Waals surface area (Å²) in [4.78, 5) is 13.9. The highest BCUT2D eigenvalue weighted by molar-refractivity contribution is 7.10. The van der Waals surface area contributed by atoms with E-state index in [1.54, 1.807) is 11.3 Å². The number of ether oxygens (including phenoxy) is 1. The van der Waals surface area contributed by atoms with Crippen LogP contribution in [0.4, 0.5) is 5.69 Å². The summed E-state index contributed by atoms with van der Waals surface area (Å²) in [6, 6.07) is 7.39. The number of anilines is 1. The second-order valence-corrected chi connectivity index (χ2v) is 6.98. The maximum atomic E-state index is 12.5. The third-order valence-corrected chi connectivity index (χ3v) is 5.20. The summed E-state index contributed by atoms with van der Waals surface area (Å²) in [5.41, 5.74) is 8.26. The van der Waals surface area contributed by atoms with Crippen molar-refractivity contribution in [3.63, 3.8) is 0 Å². The van der Waals surface area contributed by atoms with Gasteiger partial charge in [-0.1, -0.05) is 6.92 Å². The van der Waals surface area contributed by atoms with Gasteiger partial charge >= 0.3 is 0 Å². The summed E-state index contributed by atoms with van der Waals surface area (Å²) in [6.07, 6.45) is 3.27. The second-order valence-electron chi connectivity index (χ2n) is 6.01. The molecule has 3 rings (SSSR count). The van der Waals surface area contributed by atoms with Gasteiger partial charge in [-0.15, -0.1) is 11.3 Å². The third kappa shape index (κ3) is 3.74. The molecule has 0 radical (unpaired) electrons. The molecule has 1 aromatic heterocycles. The predicted octanol–water partition coefficient (Wildman–Crippen LogP) is 3.46. The lowest BCUT2D eigenvalue weighted by Crippen LogP contribution is -2.16. The van der Waals surface area contributed by atoms with Crippen LogP contribution in [-0.4, -0.2) is 19.1 Å². The average Bonchev–Trinajstić information content (AvgIpc) is 2.97. The molecule has 122 valence electrons. The Labute approximate surface area is 140 Å². The Kier molecular flexibility index (Phi) is 4.98. The summed E-state index contributed by atoms with van der Waals surface area (Å²) in [7, 11) is 0. The average molecular weight is 330 g/mol. The minimum absolute atomic E-state index is 0.0207. The minimum Gasteiger partial charge on any atom is -0.492 e. The molecule has 0 fully saturated rings. The van der Waals surface area contributed by atoms with E-state index in [1.807, 2.05) is 29.6 Å². The first-order valence-electron chi connectivity index (χ1n) is 8.01. The molecular formula is C18H22N2O2S. The molecule has 0 saturated carbocycles. The molecular weight excluding hydrogens is 308 g/mol. The maximum absolute atomic E-state index is 12.5. The van der Waals surface area contributed by atoms with E-state index in [2.05, 4.69) is 12.2 Å². The van der Waals surface area contributed by atoms with E-state index in [1.165, 1.54) is 10.4 Å². The Balaban J connectivity index is 1.68. The zero-order valence-corrected chi connectivity index (χ0v) is 14.1. The number of amides is 1. The van der Waals surface area contributed by atoms with Crippen molar-refractivity contribution >= 4 is 22.9 Å². The summed E-state index contributed by atoms with van der Waals surface area (Å²) < 4.78 is 5.44. The molecule has 0 bridgehead atoms. The fourth-order valence-corrected chi connectivity index (χ4v) is 4.12. The highest BCUT2D eigenvalue weighted by atomic mass is 32.1. The van der Waals surface area contributed by atoms with Crippen molar-refractivity contribution in [3.8, 4) is 5.75 Å². The fraction of sp³-hybridized carbons (Fsp3) is 0.389. The number of fused-ring (bicyclic) bond motifs is 1. The molecule has 1 amide bonds. The van der Waals surface area contributed by atoms with Crippen LogP contribution < -0.4 is 15.8 Å². The van der Waals surface area contributed by atoms with E-state index >= 15 is 0 Å². The molecule has 5 heteroatoms. The molecule has 0 aliphatic heterocycles. The first kappa shape index (κ1) is 16.0. The Bertz CT molecular complexity index is 679. The van der Waals surface area contributed by atoms with Crippen molar-refractivity contribution in [2.75, 3.05) is 18.5 Å². The van der Waals surface area contributed by atoms with Crippen molar-refractivity contribution in [2.45, 2.75) is 26.2 Å². The molecule has 0 spiro atoms. The molecule has 2 aromatic rings. The number of carbonyl (C=O) groups is 1. The van der Waals surface area contributed by atoms with Gasteiger partial charge < -0.3 is 15.8 Å². The van der Waals surface area contributed by atoms with Crippen molar-refractivity contribution < 1.29 is 9.53 Å². The van der Waals surface area contributed by atoms with Gasteiger partial charge in [-0.2, -0.15) is 0 Å². The molecule has 1 aromatic carbocycles. The lowest BCUT2D eigenvalue weighted by molar-refractivity contribution is 0.102. The van der Waals surface area contributed by atoms with Gasteiger partial charge in [-0.3, -0.25) is 4.79 Å². The van der Waals surface area contributed by atoms with Crippen LogP contribution in [0.1, 0.15) is 34.1 Å². The van der Waals surface area contributed by atoms with Crippen molar-refractivity contribution in [2.24, 2.45) is 11.7 Å². The van der Waals surface area contributed by atoms with Gasteiger partial charge in [0.05, 0.1) is 5.56 Å². The standard InChI is InChI=1S/C18H22N2O2S/c1-12-2-7-15-16(11-23-17(15)10-12)18(21)20-13-3-5-14(6-4-13)22-9-8-19/h3-6,11-12H,2,7-10,19H2,1H3,(H,20,21). The normalized spacial score (nSPS) is 16.7. The van der Waals surface area contributed by atoms with Gasteiger partial charge in [-0.25, -0.2) is 0 Å². The number of carbonyl (C=O) groups excluding carboxylic acids is 1. The largest absolute Gasteiger partial charge is 0.492 e. The van der Waals surface area contributed by atoms with Crippen molar-refractivity contribution in [3.05, 3.63) is 45.6 Å². The molecule has 4 nitrogen and oxygen atoms in total. The fourth-order valence-electron chi connectivity index (χ4n) is 2.88. The van der Waals surface area contributed by atoms with E-state index in [9.17, 15) is 4.79 Å². The zero-order valence-electron chi connectivity index (χ0n) is 13.3. The maximum Gasteiger partial charge on any atom is 0.256 e. The van der Waals surface area contributed by atoms with Gasteiger partial charge in [0.25, 0.3) is 5.91 Å². The van der Waals surface area contributed by atoms with Crippen LogP contribution in [0, 0.1) is 5.92 Å². The smallest absolute Gasteiger partial charge is 0.256 e. The molecule has 1 heterocycles. The third-order valence-electron chi connectivity index (χ3n) is 4.15. The first-order valence-corrected chi connectivity index (χ1v) is 8.89. The Morgan fingerprint density at radius 1 is 1.39 bits per heavy atom. The highest BCUT2D eigenvalue weighted by Crippen LogP contribution is 2.33. The van der Waals surface area contributed by atoms with E-state index in [4.69, 9.17) is 10.5 Å². The quantitative estimate of drug-likeness (QED) is 0.882. The van der Waals surface area contributed by atoms with Crippen LogP contribution in [0.5, 0.6) is 5.75 Å². The number of hydrogen-bond donors (Lipinski definition) is 2. The van der Waals surface area contributed by atoms with E-state index in [0.717, 1.165) is 42.2 Å². The number of benzene rings is 1. The van der Waals surface area contributed by atoms with Gasteiger partial charge in [0.2, 0.25) is 0 Å². The van der Waals surface area contributed by atoms with E-state index < -0.39 is 0 Å². The van der Waals surface area contributed by atoms with Gasteiger partial charge in [0.1, 0.15) is 12.4 Å². The predicted molar refractivity (Wildman–Crippen MR) is 94.5 cm³/mol. The molecule has 1 aliphatic rings. The monoisotopic (exact) mass is 330 g/mol. The van der Waals surface area contributed by atoms with E-state index in [-0.39, 0.29) is 5.91 Å². The van der Waals surface area contributed by atoms with Crippen LogP contribution in [0.3, 0.4) is 0 Å². The number of rotatable bonds is 5. The molecule has 1 aliphatic carbocycles.